The minimum Gasteiger partial charge on any atom is -0.383 e. The zero-order chi connectivity index (χ0) is 21.9. The Morgan fingerprint density at radius 1 is 0.875 bits per heavy atom. The van der Waals surface area contributed by atoms with E-state index in [2.05, 4.69) is 110 Å². The molecule has 160 valence electrons. The lowest BCUT2D eigenvalue weighted by Crippen LogP contribution is -2.14. The van der Waals surface area contributed by atoms with Crippen molar-refractivity contribution in [2.45, 2.75) is 13.3 Å². The number of fused-ring (bicyclic) bond motifs is 2. The molecular formula is C26H23BrN4S. The first kappa shape index (κ1) is 20.9. The normalized spacial score (nSPS) is 11.2. The third-order valence-corrected chi connectivity index (χ3v) is 7.31. The molecule has 6 heteroatoms. The van der Waals surface area contributed by atoms with Crippen molar-refractivity contribution in [1.29, 1.82) is 0 Å². The van der Waals surface area contributed by atoms with Gasteiger partial charge in [-0.1, -0.05) is 71.4 Å². The van der Waals surface area contributed by atoms with E-state index in [1.165, 1.54) is 26.8 Å². The van der Waals surface area contributed by atoms with Gasteiger partial charge in [-0.05, 0) is 35.6 Å². The summed E-state index contributed by atoms with van der Waals surface area (Å²) in [6.07, 6.45) is 2.62. The summed E-state index contributed by atoms with van der Waals surface area (Å²) in [6.45, 7) is 3.74. The fraction of sp³-hybridized carbons (Fsp3) is 0.154. The molecule has 0 aliphatic carbocycles. The molecule has 0 bridgehead atoms. The Hall–Kier alpha value is -2.96. The number of rotatable bonds is 7. The highest BCUT2D eigenvalue weighted by Gasteiger charge is 2.18. The van der Waals surface area contributed by atoms with Crippen LogP contribution in [0.2, 0.25) is 0 Å². The highest BCUT2D eigenvalue weighted by atomic mass is 79.9. The molecule has 0 atom stereocenters. The Labute approximate surface area is 199 Å². The molecule has 32 heavy (non-hydrogen) atoms. The SMILES string of the molecule is CCc1sc2ncnc(NCCNc3cccc4ccccc34)c2c1-c1ccc(Br)cc1. The number of hydrogen-bond acceptors (Lipinski definition) is 5. The molecule has 0 unspecified atom stereocenters. The summed E-state index contributed by atoms with van der Waals surface area (Å²) < 4.78 is 1.08. The van der Waals surface area contributed by atoms with Gasteiger partial charge >= 0.3 is 0 Å². The van der Waals surface area contributed by atoms with Crippen LogP contribution in [0, 0.1) is 0 Å². The molecule has 0 amide bonds. The first-order valence-corrected chi connectivity index (χ1v) is 12.3. The van der Waals surface area contributed by atoms with Gasteiger partial charge in [0.2, 0.25) is 0 Å². The van der Waals surface area contributed by atoms with Crippen LogP contribution in [0.3, 0.4) is 0 Å². The van der Waals surface area contributed by atoms with Crippen LogP contribution in [-0.4, -0.2) is 23.1 Å². The number of aryl methyl sites for hydroxylation is 1. The van der Waals surface area contributed by atoms with E-state index in [-0.39, 0.29) is 0 Å². The Bertz CT molecular complexity index is 1370. The molecule has 0 saturated carbocycles. The maximum Gasteiger partial charge on any atom is 0.138 e. The van der Waals surface area contributed by atoms with E-state index in [0.29, 0.717) is 0 Å². The number of thiophene rings is 1. The molecule has 5 aromatic rings. The number of halogens is 1. The van der Waals surface area contributed by atoms with Crippen LogP contribution < -0.4 is 10.6 Å². The topological polar surface area (TPSA) is 49.8 Å². The van der Waals surface area contributed by atoms with E-state index in [0.717, 1.165) is 45.7 Å². The average Bonchev–Trinajstić information content (AvgIpc) is 3.22. The van der Waals surface area contributed by atoms with Crippen LogP contribution in [-0.2, 0) is 6.42 Å². The third kappa shape index (κ3) is 4.08. The third-order valence-electron chi connectivity index (χ3n) is 5.54. The smallest absolute Gasteiger partial charge is 0.138 e. The summed E-state index contributed by atoms with van der Waals surface area (Å²) in [7, 11) is 0. The van der Waals surface area contributed by atoms with Crippen molar-refractivity contribution in [3.05, 3.63) is 82.4 Å². The minimum atomic E-state index is 0.756. The van der Waals surface area contributed by atoms with Gasteiger partial charge < -0.3 is 10.6 Å². The zero-order valence-electron chi connectivity index (χ0n) is 17.7. The monoisotopic (exact) mass is 502 g/mol. The number of aromatic nitrogens is 2. The largest absolute Gasteiger partial charge is 0.383 e. The van der Waals surface area contributed by atoms with Crippen LogP contribution in [0.15, 0.2) is 77.5 Å². The summed E-state index contributed by atoms with van der Waals surface area (Å²) in [5.74, 6) is 0.892. The zero-order valence-corrected chi connectivity index (χ0v) is 20.1. The van der Waals surface area contributed by atoms with Gasteiger partial charge in [0.05, 0.1) is 5.39 Å². The Balaban J connectivity index is 1.40. The molecule has 2 heterocycles. The van der Waals surface area contributed by atoms with Crippen molar-refractivity contribution < 1.29 is 0 Å². The van der Waals surface area contributed by atoms with Crippen molar-refractivity contribution in [1.82, 2.24) is 9.97 Å². The van der Waals surface area contributed by atoms with Crippen molar-refractivity contribution in [2.75, 3.05) is 23.7 Å². The molecule has 0 fully saturated rings. The van der Waals surface area contributed by atoms with Gasteiger partial charge in [0, 0.05) is 39.1 Å². The number of hydrogen-bond donors (Lipinski definition) is 2. The predicted octanol–water partition coefficient (Wildman–Crippen LogP) is 7.36. The average molecular weight is 503 g/mol. The highest BCUT2D eigenvalue weighted by molar-refractivity contribution is 9.10. The Morgan fingerprint density at radius 2 is 1.66 bits per heavy atom. The van der Waals surface area contributed by atoms with Gasteiger partial charge in [-0.3, -0.25) is 0 Å². The van der Waals surface area contributed by atoms with Crippen molar-refractivity contribution >= 4 is 59.8 Å². The molecule has 2 N–H and O–H groups in total. The Kier molecular flexibility index (Phi) is 6.06. The van der Waals surface area contributed by atoms with E-state index >= 15 is 0 Å². The first-order valence-electron chi connectivity index (χ1n) is 10.7. The molecule has 3 aromatic carbocycles. The summed E-state index contributed by atoms with van der Waals surface area (Å²) in [5, 5.41) is 10.7. The van der Waals surface area contributed by atoms with Gasteiger partial charge in [-0.25, -0.2) is 9.97 Å². The molecule has 0 aliphatic rings. The molecule has 0 aliphatic heterocycles. The van der Waals surface area contributed by atoms with Gasteiger partial charge in [0.15, 0.2) is 0 Å². The van der Waals surface area contributed by atoms with Gasteiger partial charge in [0.25, 0.3) is 0 Å². The fourth-order valence-corrected chi connectivity index (χ4v) is 5.41. The van der Waals surface area contributed by atoms with Crippen LogP contribution >= 0.6 is 27.3 Å². The summed E-state index contributed by atoms with van der Waals surface area (Å²) in [5.41, 5.74) is 3.59. The van der Waals surface area contributed by atoms with E-state index in [4.69, 9.17) is 0 Å². The summed E-state index contributed by atoms with van der Waals surface area (Å²) in [6, 6.07) is 23.3. The lowest BCUT2D eigenvalue weighted by atomic mass is 10.0. The molecule has 5 rings (SSSR count). The van der Waals surface area contributed by atoms with E-state index in [9.17, 15) is 0 Å². The van der Waals surface area contributed by atoms with Crippen molar-refractivity contribution in [3.63, 3.8) is 0 Å². The molecule has 2 aromatic heterocycles. The van der Waals surface area contributed by atoms with Crippen LogP contribution in [0.25, 0.3) is 32.1 Å². The lowest BCUT2D eigenvalue weighted by molar-refractivity contribution is 1.06. The van der Waals surface area contributed by atoms with E-state index in [1.54, 1.807) is 17.7 Å². The van der Waals surface area contributed by atoms with Gasteiger partial charge in [0.1, 0.15) is 17.0 Å². The van der Waals surface area contributed by atoms with Crippen LogP contribution in [0.1, 0.15) is 11.8 Å². The maximum atomic E-state index is 4.60. The number of nitrogens with zero attached hydrogens (tertiary/aromatic N) is 2. The number of benzene rings is 3. The maximum absolute atomic E-state index is 4.60. The fourth-order valence-electron chi connectivity index (χ4n) is 4.04. The van der Waals surface area contributed by atoms with Crippen molar-refractivity contribution in [3.8, 4) is 11.1 Å². The molecule has 0 radical (unpaired) electrons. The molecule has 0 spiro atoms. The minimum absolute atomic E-state index is 0.756. The van der Waals surface area contributed by atoms with Gasteiger partial charge in [-0.15, -0.1) is 11.3 Å². The van der Waals surface area contributed by atoms with Crippen molar-refractivity contribution in [2.24, 2.45) is 0 Å². The molecular weight excluding hydrogens is 480 g/mol. The number of nitrogens with one attached hydrogen (secondary N) is 2. The number of anilines is 2. The second-order valence-corrected chi connectivity index (χ2v) is 9.54. The summed E-state index contributed by atoms with van der Waals surface area (Å²) >= 11 is 5.30. The summed E-state index contributed by atoms with van der Waals surface area (Å²) in [4.78, 5) is 11.5. The lowest BCUT2D eigenvalue weighted by Gasteiger charge is -2.12. The molecule has 4 nitrogen and oxygen atoms in total. The van der Waals surface area contributed by atoms with E-state index in [1.807, 2.05) is 0 Å². The Morgan fingerprint density at radius 3 is 2.50 bits per heavy atom. The second-order valence-electron chi connectivity index (χ2n) is 7.54. The van der Waals surface area contributed by atoms with E-state index < -0.39 is 0 Å². The molecule has 0 saturated heterocycles. The van der Waals surface area contributed by atoms with Crippen LogP contribution in [0.5, 0.6) is 0 Å². The first-order chi connectivity index (χ1) is 15.7. The van der Waals surface area contributed by atoms with Gasteiger partial charge in [-0.2, -0.15) is 0 Å². The van der Waals surface area contributed by atoms with Crippen LogP contribution in [0.4, 0.5) is 11.5 Å². The quantitative estimate of drug-likeness (QED) is 0.228. The standard InChI is InChI=1S/C26H23BrN4S/c1-2-22-23(18-10-12-19(27)13-11-18)24-25(30-16-31-26(24)32-22)29-15-14-28-21-9-5-7-17-6-3-4-8-20(17)21/h3-13,16,28H,2,14-15H2,1H3,(H,29,30,31). The highest BCUT2D eigenvalue weighted by Crippen LogP contribution is 2.41. The predicted molar refractivity (Wildman–Crippen MR) is 141 cm³/mol. The second kappa shape index (κ2) is 9.27.